The molecule has 23 heavy (non-hydrogen) atoms. The van der Waals surface area contributed by atoms with Crippen molar-refractivity contribution in [1.29, 1.82) is 0 Å². The molecule has 7 nitrogen and oxygen atoms in total. The Kier molecular flexibility index (Phi) is 5.31. The first kappa shape index (κ1) is 16.9. The monoisotopic (exact) mass is 320 g/mol. The topological polar surface area (TPSA) is 98.5 Å². The van der Waals surface area contributed by atoms with E-state index in [2.05, 4.69) is 5.32 Å². The molecular formula is C16H20N2O5. The Bertz CT molecular complexity index is 636. The number of nitrogens with zero attached hydrogens (tertiary/aromatic N) is 1. The van der Waals surface area contributed by atoms with Crippen LogP contribution in [0.25, 0.3) is 0 Å². The van der Waals surface area contributed by atoms with Gasteiger partial charge in [-0.2, -0.15) is 0 Å². The lowest BCUT2D eigenvalue weighted by atomic mass is 10.1. The minimum atomic E-state index is -0.581. The van der Waals surface area contributed by atoms with Crippen molar-refractivity contribution in [3.05, 3.63) is 33.4 Å². The van der Waals surface area contributed by atoms with Crippen LogP contribution in [-0.4, -0.2) is 23.4 Å². The molecular weight excluding hydrogens is 300 g/mol. The standard InChI is InChI=1S/C16H20N2O5/c1-10-7-13(14(18(21)22)8-11(10)2)17-15(19)9-23-16(20)12-5-3-4-6-12/h7-8,12H,3-6,9H2,1-2H3,(H,17,19). The molecule has 0 aliphatic heterocycles. The van der Waals surface area contributed by atoms with Gasteiger partial charge in [-0.1, -0.05) is 12.8 Å². The van der Waals surface area contributed by atoms with E-state index in [-0.39, 0.29) is 23.3 Å². The molecule has 1 aromatic rings. The molecule has 1 aromatic carbocycles. The molecule has 2 rings (SSSR count). The number of rotatable bonds is 5. The lowest BCUT2D eigenvalue weighted by molar-refractivity contribution is -0.384. The predicted octanol–water partition coefficient (Wildman–Crippen LogP) is 2.88. The first-order chi connectivity index (χ1) is 10.9. The number of nitrogens with one attached hydrogen (secondary N) is 1. The third kappa shape index (κ3) is 4.28. The van der Waals surface area contributed by atoms with Gasteiger partial charge in [0.25, 0.3) is 11.6 Å². The van der Waals surface area contributed by atoms with Gasteiger partial charge in [0.15, 0.2) is 6.61 Å². The molecule has 0 aromatic heterocycles. The van der Waals surface area contributed by atoms with Crippen LogP contribution in [0.1, 0.15) is 36.8 Å². The number of hydrogen-bond donors (Lipinski definition) is 1. The number of carbonyl (C=O) groups excluding carboxylic acids is 2. The average Bonchev–Trinajstić information content (AvgIpc) is 3.02. The summed E-state index contributed by atoms with van der Waals surface area (Å²) < 4.78 is 4.99. The van der Waals surface area contributed by atoms with E-state index in [1.54, 1.807) is 19.9 Å². The summed E-state index contributed by atoms with van der Waals surface area (Å²) in [6, 6.07) is 2.96. The Labute approximate surface area is 134 Å². The SMILES string of the molecule is Cc1cc(NC(=O)COC(=O)C2CCCC2)c([N+](=O)[O-])cc1C. The number of amides is 1. The summed E-state index contributed by atoms with van der Waals surface area (Å²) in [5.41, 5.74) is 1.53. The largest absolute Gasteiger partial charge is 0.455 e. The number of aryl methyl sites for hydroxylation is 2. The molecule has 0 radical (unpaired) electrons. The van der Waals surface area contributed by atoms with E-state index in [0.29, 0.717) is 0 Å². The van der Waals surface area contributed by atoms with Gasteiger partial charge in [0, 0.05) is 6.07 Å². The smallest absolute Gasteiger partial charge is 0.309 e. The second kappa shape index (κ2) is 7.21. The van der Waals surface area contributed by atoms with Crippen LogP contribution in [0.15, 0.2) is 12.1 Å². The number of esters is 1. The molecule has 0 atom stereocenters. The molecule has 0 spiro atoms. The zero-order chi connectivity index (χ0) is 17.0. The Morgan fingerprint density at radius 3 is 2.48 bits per heavy atom. The van der Waals surface area contributed by atoms with Gasteiger partial charge in [-0.05, 0) is 43.9 Å². The zero-order valence-corrected chi connectivity index (χ0v) is 13.3. The highest BCUT2D eigenvalue weighted by Crippen LogP contribution is 2.28. The molecule has 1 amide bonds. The van der Waals surface area contributed by atoms with E-state index >= 15 is 0 Å². The summed E-state index contributed by atoms with van der Waals surface area (Å²) in [6.07, 6.45) is 3.59. The van der Waals surface area contributed by atoms with Crippen molar-refractivity contribution in [2.75, 3.05) is 11.9 Å². The van der Waals surface area contributed by atoms with E-state index in [0.717, 1.165) is 36.8 Å². The minimum absolute atomic E-state index is 0.111. The van der Waals surface area contributed by atoms with Gasteiger partial charge >= 0.3 is 5.97 Å². The van der Waals surface area contributed by atoms with Gasteiger partial charge < -0.3 is 10.1 Å². The van der Waals surface area contributed by atoms with Crippen LogP contribution in [0.2, 0.25) is 0 Å². The Balaban J connectivity index is 1.98. The summed E-state index contributed by atoms with van der Waals surface area (Å²) in [4.78, 5) is 34.2. The molecule has 1 fully saturated rings. The van der Waals surface area contributed by atoms with Gasteiger partial charge in [-0.3, -0.25) is 19.7 Å². The maximum Gasteiger partial charge on any atom is 0.309 e. The van der Waals surface area contributed by atoms with Gasteiger partial charge in [-0.15, -0.1) is 0 Å². The van der Waals surface area contributed by atoms with Crippen molar-refractivity contribution in [1.82, 2.24) is 0 Å². The number of anilines is 1. The van der Waals surface area contributed by atoms with E-state index in [4.69, 9.17) is 4.74 Å². The van der Waals surface area contributed by atoms with Crippen molar-refractivity contribution < 1.29 is 19.2 Å². The number of benzene rings is 1. The summed E-state index contributed by atoms with van der Waals surface area (Å²) in [5, 5.41) is 13.5. The summed E-state index contributed by atoms with van der Waals surface area (Å²) in [5.74, 6) is -1.08. The average molecular weight is 320 g/mol. The molecule has 7 heteroatoms. The quantitative estimate of drug-likeness (QED) is 0.511. The Hall–Kier alpha value is -2.44. The molecule has 1 N–H and O–H groups in total. The van der Waals surface area contributed by atoms with E-state index in [1.165, 1.54) is 6.07 Å². The van der Waals surface area contributed by atoms with Crippen LogP contribution in [0.4, 0.5) is 11.4 Å². The normalized spacial score (nSPS) is 14.5. The lowest BCUT2D eigenvalue weighted by Gasteiger charge is -2.11. The second-order valence-corrected chi connectivity index (χ2v) is 5.85. The molecule has 1 aliphatic rings. The van der Waals surface area contributed by atoms with Gasteiger partial charge in [-0.25, -0.2) is 0 Å². The lowest BCUT2D eigenvalue weighted by Crippen LogP contribution is -2.24. The fourth-order valence-corrected chi connectivity index (χ4v) is 2.65. The third-order valence-electron chi connectivity index (χ3n) is 4.12. The molecule has 0 unspecified atom stereocenters. The summed E-state index contributed by atoms with van der Waals surface area (Å²) in [7, 11) is 0. The van der Waals surface area contributed by atoms with Crippen LogP contribution in [0.3, 0.4) is 0 Å². The summed E-state index contributed by atoms with van der Waals surface area (Å²) >= 11 is 0. The molecule has 0 saturated heterocycles. The van der Waals surface area contributed by atoms with Gasteiger partial charge in [0.1, 0.15) is 5.69 Å². The fraction of sp³-hybridized carbons (Fsp3) is 0.500. The van der Waals surface area contributed by atoms with Crippen molar-refractivity contribution in [3.63, 3.8) is 0 Å². The number of carbonyl (C=O) groups is 2. The minimum Gasteiger partial charge on any atom is -0.455 e. The van der Waals surface area contributed by atoms with E-state index in [1.807, 2.05) is 0 Å². The van der Waals surface area contributed by atoms with Crippen LogP contribution < -0.4 is 5.32 Å². The van der Waals surface area contributed by atoms with Crippen molar-refractivity contribution in [3.8, 4) is 0 Å². The van der Waals surface area contributed by atoms with Crippen LogP contribution >= 0.6 is 0 Å². The summed E-state index contributed by atoms with van der Waals surface area (Å²) in [6.45, 7) is 3.13. The Morgan fingerprint density at radius 2 is 1.87 bits per heavy atom. The van der Waals surface area contributed by atoms with Gasteiger partial charge in [0.2, 0.25) is 0 Å². The molecule has 0 heterocycles. The maximum atomic E-state index is 11.9. The number of nitro groups is 1. The van der Waals surface area contributed by atoms with Gasteiger partial charge in [0.05, 0.1) is 10.8 Å². The van der Waals surface area contributed by atoms with Crippen molar-refractivity contribution in [2.24, 2.45) is 5.92 Å². The first-order valence-corrected chi connectivity index (χ1v) is 7.60. The number of ether oxygens (including phenoxy) is 1. The third-order valence-corrected chi connectivity index (χ3v) is 4.12. The highest BCUT2D eigenvalue weighted by molar-refractivity contribution is 5.95. The highest BCUT2D eigenvalue weighted by atomic mass is 16.6. The maximum absolute atomic E-state index is 11.9. The van der Waals surface area contributed by atoms with Crippen molar-refractivity contribution >= 4 is 23.3 Å². The van der Waals surface area contributed by atoms with Crippen LogP contribution in [0.5, 0.6) is 0 Å². The zero-order valence-electron chi connectivity index (χ0n) is 13.3. The van der Waals surface area contributed by atoms with Crippen LogP contribution in [-0.2, 0) is 14.3 Å². The molecule has 124 valence electrons. The molecule has 1 aliphatic carbocycles. The number of hydrogen-bond acceptors (Lipinski definition) is 5. The fourth-order valence-electron chi connectivity index (χ4n) is 2.65. The highest BCUT2D eigenvalue weighted by Gasteiger charge is 2.25. The second-order valence-electron chi connectivity index (χ2n) is 5.85. The predicted molar refractivity (Wildman–Crippen MR) is 84.1 cm³/mol. The van der Waals surface area contributed by atoms with E-state index in [9.17, 15) is 19.7 Å². The molecule has 0 bridgehead atoms. The Morgan fingerprint density at radius 1 is 1.26 bits per heavy atom. The number of nitro benzene ring substituents is 1. The molecule has 1 saturated carbocycles. The van der Waals surface area contributed by atoms with Crippen molar-refractivity contribution in [2.45, 2.75) is 39.5 Å². The van der Waals surface area contributed by atoms with Crippen LogP contribution in [0, 0.1) is 29.9 Å². The first-order valence-electron chi connectivity index (χ1n) is 7.60. The van der Waals surface area contributed by atoms with E-state index < -0.39 is 17.4 Å².